The van der Waals surface area contributed by atoms with Crippen LogP contribution in [0, 0.1) is 0 Å². The van der Waals surface area contributed by atoms with Crippen molar-refractivity contribution in [3.05, 3.63) is 48.0 Å². The molecule has 1 aliphatic rings. The van der Waals surface area contributed by atoms with E-state index in [1.54, 1.807) is 14.2 Å². The molecular formula is C18H21N3O3. The van der Waals surface area contributed by atoms with Crippen molar-refractivity contribution in [3.8, 4) is 17.2 Å². The summed E-state index contributed by atoms with van der Waals surface area (Å²) >= 11 is 0. The molecule has 0 aliphatic carbocycles. The first-order valence-electron chi connectivity index (χ1n) is 7.70. The number of anilines is 1. The van der Waals surface area contributed by atoms with Crippen molar-refractivity contribution >= 4 is 11.6 Å². The Morgan fingerprint density at radius 3 is 2.71 bits per heavy atom. The van der Waals surface area contributed by atoms with Gasteiger partial charge >= 0.3 is 0 Å². The maximum Gasteiger partial charge on any atom is 0.193 e. The fourth-order valence-electron chi connectivity index (χ4n) is 2.76. The molecule has 0 amide bonds. The van der Waals surface area contributed by atoms with E-state index in [0.29, 0.717) is 23.1 Å². The van der Waals surface area contributed by atoms with Crippen LogP contribution in [0.25, 0.3) is 0 Å². The van der Waals surface area contributed by atoms with Gasteiger partial charge in [-0.3, -0.25) is 0 Å². The number of nitrogens with zero attached hydrogens (tertiary/aromatic N) is 1. The molecule has 1 heterocycles. The van der Waals surface area contributed by atoms with E-state index in [1.807, 2.05) is 49.4 Å². The van der Waals surface area contributed by atoms with Crippen LogP contribution in [0.5, 0.6) is 17.2 Å². The molecule has 6 nitrogen and oxygen atoms in total. The van der Waals surface area contributed by atoms with Gasteiger partial charge in [-0.25, -0.2) is 4.99 Å². The number of guanidine groups is 1. The molecule has 0 radical (unpaired) electrons. The first-order chi connectivity index (χ1) is 11.6. The quantitative estimate of drug-likeness (QED) is 0.667. The predicted octanol–water partition coefficient (Wildman–Crippen LogP) is 2.95. The van der Waals surface area contributed by atoms with Crippen LogP contribution in [-0.4, -0.2) is 26.3 Å². The van der Waals surface area contributed by atoms with Crippen LogP contribution in [0.4, 0.5) is 5.69 Å². The summed E-state index contributed by atoms with van der Waals surface area (Å²) in [5, 5.41) is 3.08. The fraction of sp³-hybridized carbons (Fsp3) is 0.278. The lowest BCUT2D eigenvalue weighted by Crippen LogP contribution is -2.25. The van der Waals surface area contributed by atoms with E-state index in [4.69, 9.17) is 19.9 Å². The highest BCUT2D eigenvalue weighted by atomic mass is 16.5. The normalized spacial score (nSPS) is 19.4. The number of para-hydroxylation sites is 1. The van der Waals surface area contributed by atoms with E-state index in [-0.39, 0.29) is 12.1 Å². The SMILES string of the molecule is COc1ccc(OC)c(NC(N)=NC2c3ccccc3OC2C)c1. The second-order valence-corrected chi connectivity index (χ2v) is 5.51. The zero-order chi connectivity index (χ0) is 17.1. The molecule has 0 bridgehead atoms. The van der Waals surface area contributed by atoms with Crippen molar-refractivity contribution in [2.45, 2.75) is 19.1 Å². The van der Waals surface area contributed by atoms with Crippen LogP contribution in [0.2, 0.25) is 0 Å². The van der Waals surface area contributed by atoms with Crippen molar-refractivity contribution in [2.24, 2.45) is 10.7 Å². The Hall–Kier alpha value is -2.89. The van der Waals surface area contributed by atoms with Crippen LogP contribution in [-0.2, 0) is 0 Å². The number of hydrogen-bond acceptors (Lipinski definition) is 4. The largest absolute Gasteiger partial charge is 0.497 e. The molecule has 1 aliphatic heterocycles. The summed E-state index contributed by atoms with van der Waals surface area (Å²) < 4.78 is 16.4. The molecule has 126 valence electrons. The number of benzene rings is 2. The average Bonchev–Trinajstić information content (AvgIpc) is 2.90. The van der Waals surface area contributed by atoms with Crippen molar-refractivity contribution in [1.82, 2.24) is 0 Å². The van der Waals surface area contributed by atoms with Crippen LogP contribution >= 0.6 is 0 Å². The van der Waals surface area contributed by atoms with Gasteiger partial charge < -0.3 is 25.3 Å². The first-order valence-corrected chi connectivity index (χ1v) is 7.70. The summed E-state index contributed by atoms with van der Waals surface area (Å²) in [5.74, 6) is 2.50. The van der Waals surface area contributed by atoms with Gasteiger partial charge in [-0.1, -0.05) is 18.2 Å². The third-order valence-corrected chi connectivity index (χ3v) is 3.94. The van der Waals surface area contributed by atoms with E-state index in [0.717, 1.165) is 11.3 Å². The lowest BCUT2D eigenvalue weighted by molar-refractivity contribution is 0.229. The van der Waals surface area contributed by atoms with Gasteiger partial charge in [0, 0.05) is 11.6 Å². The predicted molar refractivity (Wildman–Crippen MR) is 94.1 cm³/mol. The fourth-order valence-corrected chi connectivity index (χ4v) is 2.76. The van der Waals surface area contributed by atoms with Crippen molar-refractivity contribution in [1.29, 1.82) is 0 Å². The van der Waals surface area contributed by atoms with Crippen molar-refractivity contribution in [3.63, 3.8) is 0 Å². The van der Waals surface area contributed by atoms with E-state index < -0.39 is 0 Å². The average molecular weight is 327 g/mol. The number of nitrogens with one attached hydrogen (secondary N) is 1. The van der Waals surface area contributed by atoms with Gasteiger partial charge in [0.2, 0.25) is 0 Å². The molecule has 3 N–H and O–H groups in total. The van der Waals surface area contributed by atoms with Gasteiger partial charge in [0.15, 0.2) is 5.96 Å². The molecule has 6 heteroatoms. The Morgan fingerprint density at radius 1 is 1.17 bits per heavy atom. The Kier molecular flexibility index (Phi) is 4.46. The van der Waals surface area contributed by atoms with Crippen LogP contribution < -0.4 is 25.3 Å². The number of ether oxygens (including phenoxy) is 3. The Morgan fingerprint density at radius 2 is 1.96 bits per heavy atom. The molecule has 2 aromatic rings. The van der Waals surface area contributed by atoms with Crippen molar-refractivity contribution in [2.75, 3.05) is 19.5 Å². The molecule has 2 unspecified atom stereocenters. The van der Waals surface area contributed by atoms with Gasteiger partial charge in [0.05, 0.1) is 19.9 Å². The van der Waals surface area contributed by atoms with Gasteiger partial charge in [-0.2, -0.15) is 0 Å². The Balaban J connectivity index is 1.85. The number of rotatable bonds is 4. The number of aliphatic imine (C=N–C) groups is 1. The zero-order valence-corrected chi connectivity index (χ0v) is 13.9. The van der Waals surface area contributed by atoms with E-state index in [1.165, 1.54) is 0 Å². The first kappa shape index (κ1) is 16.0. The molecule has 3 rings (SSSR count). The Labute approximate surface area is 141 Å². The lowest BCUT2D eigenvalue weighted by atomic mass is 10.1. The van der Waals surface area contributed by atoms with E-state index in [2.05, 4.69) is 10.3 Å². The minimum atomic E-state index is -0.148. The summed E-state index contributed by atoms with van der Waals surface area (Å²) in [7, 11) is 3.21. The number of methoxy groups -OCH3 is 2. The van der Waals surface area contributed by atoms with Gasteiger partial charge in [0.25, 0.3) is 0 Å². The standard InChI is InChI=1S/C18H21N3O3/c1-11-17(13-6-4-5-7-15(13)24-11)21-18(19)20-14-10-12(22-2)8-9-16(14)23-3/h4-11,17H,1-3H3,(H3,19,20,21). The second-order valence-electron chi connectivity index (χ2n) is 5.51. The highest BCUT2D eigenvalue weighted by Crippen LogP contribution is 2.38. The molecule has 0 fully saturated rings. The van der Waals surface area contributed by atoms with Gasteiger partial charge in [-0.15, -0.1) is 0 Å². The summed E-state index contributed by atoms with van der Waals surface area (Å²) in [6.07, 6.45) is -0.0741. The van der Waals surface area contributed by atoms with Crippen molar-refractivity contribution < 1.29 is 14.2 Å². The number of hydrogen-bond donors (Lipinski definition) is 2. The maximum atomic E-state index is 6.11. The molecule has 2 aromatic carbocycles. The molecule has 0 spiro atoms. The number of nitrogens with two attached hydrogens (primary N) is 1. The molecule has 0 saturated carbocycles. The van der Waals surface area contributed by atoms with Crippen LogP contribution in [0.15, 0.2) is 47.5 Å². The minimum Gasteiger partial charge on any atom is -0.497 e. The zero-order valence-electron chi connectivity index (χ0n) is 13.9. The molecule has 0 aromatic heterocycles. The monoisotopic (exact) mass is 327 g/mol. The Bertz CT molecular complexity index is 761. The van der Waals surface area contributed by atoms with Gasteiger partial charge in [-0.05, 0) is 25.1 Å². The summed E-state index contributed by atoms with van der Waals surface area (Å²) in [6, 6.07) is 13.2. The lowest BCUT2D eigenvalue weighted by Gasteiger charge is -2.15. The summed E-state index contributed by atoms with van der Waals surface area (Å²) in [4.78, 5) is 4.59. The highest BCUT2D eigenvalue weighted by molar-refractivity contribution is 5.94. The van der Waals surface area contributed by atoms with Crippen LogP contribution in [0.3, 0.4) is 0 Å². The second kappa shape index (κ2) is 6.70. The maximum absolute atomic E-state index is 6.11. The van der Waals surface area contributed by atoms with E-state index >= 15 is 0 Å². The molecule has 24 heavy (non-hydrogen) atoms. The topological polar surface area (TPSA) is 78.1 Å². The third kappa shape index (κ3) is 3.08. The number of fused-ring (bicyclic) bond motifs is 1. The summed E-state index contributed by atoms with van der Waals surface area (Å²) in [5.41, 5.74) is 7.83. The summed E-state index contributed by atoms with van der Waals surface area (Å²) in [6.45, 7) is 1.98. The van der Waals surface area contributed by atoms with E-state index in [9.17, 15) is 0 Å². The molecule has 0 saturated heterocycles. The molecule has 2 atom stereocenters. The van der Waals surface area contributed by atoms with Gasteiger partial charge in [0.1, 0.15) is 29.4 Å². The van der Waals surface area contributed by atoms with Crippen LogP contribution in [0.1, 0.15) is 18.5 Å². The smallest absolute Gasteiger partial charge is 0.193 e. The molecular weight excluding hydrogens is 306 g/mol. The third-order valence-electron chi connectivity index (χ3n) is 3.94. The minimum absolute atomic E-state index is 0.0741. The highest BCUT2D eigenvalue weighted by Gasteiger charge is 2.30.